The van der Waals surface area contributed by atoms with Gasteiger partial charge in [0, 0.05) is 0 Å². The minimum absolute atomic E-state index is 0.0394. The number of benzene rings is 2. The summed E-state index contributed by atoms with van der Waals surface area (Å²) in [5.74, 6) is -2.87. The molecule has 0 aliphatic rings. The molecule has 3 aromatic rings. The Morgan fingerprint density at radius 3 is 2.53 bits per heavy atom. The van der Waals surface area contributed by atoms with Crippen molar-refractivity contribution in [2.24, 2.45) is 0 Å². The van der Waals surface area contributed by atoms with Crippen LogP contribution in [0.2, 0.25) is 5.02 Å². The zero-order valence-electron chi connectivity index (χ0n) is 16.0. The minimum atomic E-state index is -5.15. The molecule has 0 spiro atoms. The third-order valence-corrected chi connectivity index (χ3v) is 5.72. The highest BCUT2D eigenvalue weighted by Crippen LogP contribution is 2.29. The maximum atomic E-state index is 13.3. The number of carbonyl (C=O) groups excluding carboxylic acids is 1. The van der Waals surface area contributed by atoms with Crippen molar-refractivity contribution in [3.63, 3.8) is 0 Å². The number of sulfonamides is 1. The lowest BCUT2D eigenvalue weighted by Gasteiger charge is -2.13. The number of amides is 1. The number of alkyl halides is 3. The summed E-state index contributed by atoms with van der Waals surface area (Å²) in [6.45, 7) is 1.62. The van der Waals surface area contributed by atoms with Gasteiger partial charge in [0.25, 0.3) is 15.9 Å². The molecule has 0 radical (unpaired) electrons. The van der Waals surface area contributed by atoms with Crippen LogP contribution in [0.15, 0.2) is 47.4 Å². The maximum Gasteiger partial charge on any atom is 0.573 e. The topological polar surface area (TPSA) is 103 Å². The molecular formula is C18H13ClF4N4O4S. The fourth-order valence-electron chi connectivity index (χ4n) is 2.75. The molecule has 0 aliphatic heterocycles. The Hall–Kier alpha value is -3.19. The smallest absolute Gasteiger partial charge is 0.404 e. The van der Waals surface area contributed by atoms with E-state index in [2.05, 4.69) is 15.0 Å². The average Bonchev–Trinajstić information content (AvgIpc) is 3.10. The normalized spacial score (nSPS) is 11.9. The SMILES string of the molecule is CCc1c(C(=O)NS(=O)(=O)c2ccccc2OC(F)(F)F)nnn1-c1ccc(F)cc1Cl. The Balaban J connectivity index is 1.95. The highest BCUT2D eigenvalue weighted by Gasteiger charge is 2.35. The van der Waals surface area contributed by atoms with Crippen molar-refractivity contribution >= 4 is 27.5 Å². The summed E-state index contributed by atoms with van der Waals surface area (Å²) in [5.41, 5.74) is -0.0973. The second kappa shape index (κ2) is 8.74. The van der Waals surface area contributed by atoms with E-state index in [4.69, 9.17) is 11.6 Å². The van der Waals surface area contributed by atoms with Crippen molar-refractivity contribution in [1.82, 2.24) is 19.7 Å². The number of rotatable bonds is 6. The van der Waals surface area contributed by atoms with Gasteiger partial charge in [0.15, 0.2) is 5.69 Å². The van der Waals surface area contributed by atoms with Crippen LogP contribution in [0.5, 0.6) is 5.75 Å². The highest BCUT2D eigenvalue weighted by molar-refractivity contribution is 7.90. The van der Waals surface area contributed by atoms with E-state index in [1.54, 1.807) is 11.6 Å². The lowest BCUT2D eigenvalue weighted by atomic mass is 10.2. The number of halogens is 5. The molecule has 0 aliphatic carbocycles. The van der Waals surface area contributed by atoms with Crippen LogP contribution < -0.4 is 9.46 Å². The highest BCUT2D eigenvalue weighted by atomic mass is 35.5. The molecule has 0 saturated carbocycles. The molecule has 3 rings (SSSR count). The second-order valence-electron chi connectivity index (χ2n) is 6.17. The first-order valence-electron chi connectivity index (χ1n) is 8.75. The standard InChI is InChI=1S/C18H13ClF4N4O4S/c1-2-12-16(24-26-27(12)13-8-7-10(20)9-11(13)19)17(28)25-32(29,30)15-6-4-3-5-14(15)31-18(21,22)23/h3-9H,2H2,1H3,(H,25,28). The Labute approximate surface area is 183 Å². The van der Waals surface area contributed by atoms with Crippen LogP contribution in [0.25, 0.3) is 5.69 Å². The van der Waals surface area contributed by atoms with Crippen molar-refractivity contribution in [1.29, 1.82) is 0 Å². The van der Waals surface area contributed by atoms with Gasteiger partial charge >= 0.3 is 6.36 Å². The summed E-state index contributed by atoms with van der Waals surface area (Å²) in [6.07, 6.45) is -5.01. The summed E-state index contributed by atoms with van der Waals surface area (Å²) in [7, 11) is -4.78. The molecule has 14 heteroatoms. The lowest BCUT2D eigenvalue weighted by molar-refractivity contribution is -0.275. The molecule has 0 unspecified atom stereocenters. The first-order chi connectivity index (χ1) is 14.9. The predicted octanol–water partition coefficient (Wildman–Crippen LogP) is 3.64. The Morgan fingerprint density at radius 2 is 1.91 bits per heavy atom. The van der Waals surface area contributed by atoms with Gasteiger partial charge in [0.1, 0.15) is 16.5 Å². The van der Waals surface area contributed by atoms with Crippen molar-refractivity contribution < 1.29 is 35.5 Å². The molecule has 32 heavy (non-hydrogen) atoms. The Bertz CT molecular complexity index is 1280. The fourth-order valence-corrected chi connectivity index (χ4v) is 4.08. The summed E-state index contributed by atoms with van der Waals surface area (Å²) < 4.78 is 82.8. The quantitative estimate of drug-likeness (QED) is 0.527. The van der Waals surface area contributed by atoms with Crippen LogP contribution in [-0.4, -0.2) is 35.7 Å². The Morgan fingerprint density at radius 1 is 1.22 bits per heavy atom. The van der Waals surface area contributed by atoms with Crippen molar-refractivity contribution in [2.75, 3.05) is 0 Å². The second-order valence-corrected chi connectivity index (χ2v) is 8.23. The number of nitrogens with zero attached hydrogens (tertiary/aromatic N) is 3. The van der Waals surface area contributed by atoms with Gasteiger partial charge in [-0.25, -0.2) is 22.2 Å². The van der Waals surface area contributed by atoms with Gasteiger partial charge in [-0.15, -0.1) is 18.3 Å². The monoisotopic (exact) mass is 492 g/mol. The van der Waals surface area contributed by atoms with E-state index in [1.165, 1.54) is 6.07 Å². The summed E-state index contributed by atoms with van der Waals surface area (Å²) in [5, 5.41) is 7.39. The molecule has 1 amide bonds. The van der Waals surface area contributed by atoms with E-state index >= 15 is 0 Å². The van der Waals surface area contributed by atoms with Crippen molar-refractivity contribution in [3.8, 4) is 11.4 Å². The van der Waals surface area contributed by atoms with Gasteiger partial charge in [-0.05, 0) is 36.8 Å². The fraction of sp³-hybridized carbons (Fsp3) is 0.167. The molecule has 1 aromatic heterocycles. The molecule has 2 aromatic carbocycles. The number of hydrogen-bond acceptors (Lipinski definition) is 6. The van der Waals surface area contributed by atoms with Crippen LogP contribution in [0, 0.1) is 5.82 Å². The van der Waals surface area contributed by atoms with E-state index in [-0.39, 0.29) is 22.8 Å². The van der Waals surface area contributed by atoms with Gasteiger partial charge in [-0.3, -0.25) is 4.79 Å². The van der Waals surface area contributed by atoms with Crippen LogP contribution in [0.3, 0.4) is 0 Å². The molecule has 0 bridgehead atoms. The van der Waals surface area contributed by atoms with Gasteiger partial charge in [0.05, 0.1) is 16.4 Å². The lowest BCUT2D eigenvalue weighted by Crippen LogP contribution is -2.32. The first kappa shape index (κ1) is 23.5. The van der Waals surface area contributed by atoms with Crippen molar-refractivity contribution in [3.05, 3.63) is 64.7 Å². The number of nitrogens with one attached hydrogen (secondary N) is 1. The Kier molecular flexibility index (Phi) is 6.41. The molecular weight excluding hydrogens is 480 g/mol. The van der Waals surface area contributed by atoms with E-state index in [0.717, 1.165) is 41.1 Å². The molecule has 0 fully saturated rings. The molecule has 0 atom stereocenters. The molecule has 170 valence electrons. The van der Waals surface area contributed by atoms with E-state index < -0.39 is 44.4 Å². The van der Waals surface area contributed by atoms with E-state index in [9.17, 15) is 30.8 Å². The molecule has 0 saturated heterocycles. The van der Waals surface area contributed by atoms with Gasteiger partial charge in [-0.2, -0.15) is 0 Å². The number of ether oxygens (including phenoxy) is 1. The van der Waals surface area contributed by atoms with Crippen LogP contribution in [-0.2, 0) is 16.4 Å². The number of hydrogen-bond donors (Lipinski definition) is 1. The average molecular weight is 493 g/mol. The number of aromatic nitrogens is 3. The summed E-state index contributed by atoms with van der Waals surface area (Å²) >= 11 is 6.01. The zero-order valence-corrected chi connectivity index (χ0v) is 17.6. The predicted molar refractivity (Wildman–Crippen MR) is 103 cm³/mol. The van der Waals surface area contributed by atoms with Crippen LogP contribution in [0.4, 0.5) is 17.6 Å². The van der Waals surface area contributed by atoms with E-state index in [0.29, 0.717) is 0 Å². The van der Waals surface area contributed by atoms with Crippen LogP contribution >= 0.6 is 11.6 Å². The molecule has 1 N–H and O–H groups in total. The first-order valence-corrected chi connectivity index (χ1v) is 10.6. The third-order valence-electron chi connectivity index (χ3n) is 4.04. The van der Waals surface area contributed by atoms with E-state index in [1.807, 2.05) is 0 Å². The largest absolute Gasteiger partial charge is 0.573 e. The molecule has 8 nitrogen and oxygen atoms in total. The van der Waals surface area contributed by atoms with Crippen molar-refractivity contribution in [2.45, 2.75) is 24.6 Å². The van der Waals surface area contributed by atoms with Crippen LogP contribution in [0.1, 0.15) is 23.1 Å². The van der Waals surface area contributed by atoms with Gasteiger partial charge < -0.3 is 4.74 Å². The third kappa shape index (κ3) is 4.99. The maximum absolute atomic E-state index is 13.3. The molecule has 1 heterocycles. The number of para-hydroxylation sites is 1. The van der Waals surface area contributed by atoms with Gasteiger partial charge in [-0.1, -0.05) is 35.9 Å². The summed E-state index contributed by atoms with van der Waals surface area (Å²) in [6, 6.07) is 7.32. The van der Waals surface area contributed by atoms with Gasteiger partial charge in [0.2, 0.25) is 0 Å². The summed E-state index contributed by atoms with van der Waals surface area (Å²) in [4.78, 5) is 11.7. The minimum Gasteiger partial charge on any atom is -0.404 e. The number of carbonyl (C=O) groups is 1. The zero-order chi connectivity index (χ0) is 23.7.